The van der Waals surface area contributed by atoms with Gasteiger partial charge in [0.25, 0.3) is 0 Å². The number of anilines is 2. The van der Waals surface area contributed by atoms with Crippen LogP contribution in [0.25, 0.3) is 0 Å². The fourth-order valence-electron chi connectivity index (χ4n) is 2.48. The van der Waals surface area contributed by atoms with Gasteiger partial charge in [-0.25, -0.2) is 0 Å². The molecule has 3 nitrogen and oxygen atoms in total. The number of allylic oxidation sites excluding steroid dienone is 1. The van der Waals surface area contributed by atoms with E-state index in [2.05, 4.69) is 78.9 Å². The molecule has 0 saturated carbocycles. The molecule has 1 heterocycles. The normalized spacial score (nSPS) is 22.1. The van der Waals surface area contributed by atoms with E-state index in [4.69, 9.17) is 0 Å². The number of benzene rings is 1. The minimum absolute atomic E-state index is 0.00907. The van der Waals surface area contributed by atoms with E-state index in [0.29, 0.717) is 0 Å². The second-order valence-electron chi connectivity index (χ2n) is 5.81. The molecule has 1 unspecified atom stereocenters. The highest BCUT2D eigenvalue weighted by Gasteiger charge is 2.29. The molecule has 19 heavy (non-hydrogen) atoms. The van der Waals surface area contributed by atoms with Crippen LogP contribution in [0.1, 0.15) is 20.8 Å². The molecule has 1 aromatic rings. The molecule has 1 aliphatic rings. The van der Waals surface area contributed by atoms with Gasteiger partial charge in [-0.3, -0.25) is 5.32 Å². The average molecular weight is 277 g/mol. The zero-order valence-electron chi connectivity index (χ0n) is 12.3. The van der Waals surface area contributed by atoms with Crippen LogP contribution in [-0.2, 0) is 0 Å². The summed E-state index contributed by atoms with van der Waals surface area (Å²) in [6.45, 7) is 6.45. The van der Waals surface area contributed by atoms with Crippen molar-refractivity contribution in [3.05, 3.63) is 36.0 Å². The van der Waals surface area contributed by atoms with E-state index < -0.39 is 0 Å². The molecule has 0 bridgehead atoms. The maximum Gasteiger partial charge on any atom is 0.130 e. The van der Waals surface area contributed by atoms with Crippen LogP contribution in [0.15, 0.2) is 36.0 Å². The van der Waals surface area contributed by atoms with Crippen molar-refractivity contribution in [2.45, 2.75) is 31.8 Å². The summed E-state index contributed by atoms with van der Waals surface area (Å²) in [5.74, 6) is 0. The van der Waals surface area contributed by atoms with Crippen LogP contribution in [0.2, 0.25) is 0 Å². The number of thiol groups is 1. The lowest BCUT2D eigenvalue weighted by Crippen LogP contribution is -2.54. The predicted molar refractivity (Wildman–Crippen MR) is 87.0 cm³/mol. The number of nitrogens with one attached hydrogen (secondary N) is 1. The molecule has 1 aromatic carbocycles. The summed E-state index contributed by atoms with van der Waals surface area (Å²) < 4.78 is 0. The van der Waals surface area contributed by atoms with Crippen LogP contribution in [0.5, 0.6) is 0 Å². The second kappa shape index (κ2) is 5.10. The van der Waals surface area contributed by atoms with Gasteiger partial charge in [0.05, 0.1) is 0 Å². The fourth-order valence-corrected chi connectivity index (χ4v) is 3.13. The lowest BCUT2D eigenvalue weighted by molar-refractivity contribution is 0.434. The summed E-state index contributed by atoms with van der Waals surface area (Å²) in [5.41, 5.74) is 3.55. The van der Waals surface area contributed by atoms with E-state index in [1.54, 1.807) is 0 Å². The molecule has 1 N–H and O–H groups in total. The molecule has 104 valence electrons. The zero-order chi connectivity index (χ0) is 14.2. The smallest absolute Gasteiger partial charge is 0.130 e. The largest absolute Gasteiger partial charge is 0.378 e. The molecule has 0 spiro atoms. The highest BCUT2D eigenvalue weighted by atomic mass is 32.1. The Morgan fingerprint density at radius 2 is 1.79 bits per heavy atom. The maximum absolute atomic E-state index is 4.67. The number of nitrogens with zero attached hydrogens (tertiary/aromatic N) is 2. The fraction of sp³-hybridized carbons (Fsp3) is 0.467. The zero-order valence-corrected chi connectivity index (χ0v) is 13.2. The molecule has 2 rings (SSSR count). The van der Waals surface area contributed by atoms with Crippen molar-refractivity contribution >= 4 is 24.0 Å². The van der Waals surface area contributed by atoms with Crippen molar-refractivity contribution in [3.63, 3.8) is 0 Å². The third-order valence-electron chi connectivity index (χ3n) is 3.34. The Morgan fingerprint density at radius 3 is 2.26 bits per heavy atom. The van der Waals surface area contributed by atoms with Gasteiger partial charge >= 0.3 is 0 Å². The van der Waals surface area contributed by atoms with Gasteiger partial charge in [0.2, 0.25) is 0 Å². The van der Waals surface area contributed by atoms with Crippen LogP contribution in [0.3, 0.4) is 0 Å². The Bertz CT molecular complexity index is 477. The Kier molecular flexibility index (Phi) is 3.83. The summed E-state index contributed by atoms with van der Waals surface area (Å²) in [6.07, 6.45) is 2.24. The van der Waals surface area contributed by atoms with E-state index in [1.807, 2.05) is 14.1 Å². The third-order valence-corrected chi connectivity index (χ3v) is 3.70. The first-order valence-corrected chi connectivity index (χ1v) is 7.04. The highest BCUT2D eigenvalue weighted by molar-refractivity contribution is 7.81. The molecular weight excluding hydrogens is 254 g/mol. The standard InChI is InChI=1S/C15H23N3S/c1-11-10-15(2,3)16-14(19)18(11)13-8-6-12(7-9-13)17(4)5/h6-10,14,16,19H,1-5H3. The van der Waals surface area contributed by atoms with Crippen molar-refractivity contribution in [2.75, 3.05) is 23.9 Å². The van der Waals surface area contributed by atoms with E-state index in [0.717, 1.165) is 5.69 Å². The van der Waals surface area contributed by atoms with E-state index in [-0.39, 0.29) is 11.0 Å². The van der Waals surface area contributed by atoms with Gasteiger partial charge in [-0.2, -0.15) is 0 Å². The monoisotopic (exact) mass is 277 g/mol. The first-order valence-electron chi connectivity index (χ1n) is 6.52. The summed E-state index contributed by atoms with van der Waals surface area (Å²) in [6, 6.07) is 8.53. The quantitative estimate of drug-likeness (QED) is 0.810. The Hall–Kier alpha value is -1.13. The van der Waals surface area contributed by atoms with Crippen LogP contribution in [0.4, 0.5) is 11.4 Å². The molecule has 0 aliphatic carbocycles. The van der Waals surface area contributed by atoms with Gasteiger partial charge in [-0.15, -0.1) is 12.6 Å². The number of rotatable bonds is 2. The van der Waals surface area contributed by atoms with Crippen molar-refractivity contribution in [1.29, 1.82) is 0 Å². The van der Waals surface area contributed by atoms with Crippen LogP contribution in [0, 0.1) is 0 Å². The second-order valence-corrected chi connectivity index (χ2v) is 6.30. The SMILES string of the molecule is CC1=CC(C)(C)NC(S)N1c1ccc(N(C)C)cc1. The van der Waals surface area contributed by atoms with Gasteiger partial charge in [-0.05, 0) is 51.1 Å². The molecule has 1 atom stereocenters. The lowest BCUT2D eigenvalue weighted by Gasteiger charge is -2.42. The predicted octanol–water partition coefficient (Wildman–Crippen LogP) is 3.06. The van der Waals surface area contributed by atoms with E-state index in [1.165, 1.54) is 11.4 Å². The maximum atomic E-state index is 4.67. The number of hydrogen-bond acceptors (Lipinski definition) is 4. The first-order chi connectivity index (χ1) is 8.80. The van der Waals surface area contributed by atoms with Crippen LogP contribution in [-0.4, -0.2) is 25.1 Å². The minimum Gasteiger partial charge on any atom is -0.378 e. The molecule has 4 heteroatoms. The van der Waals surface area contributed by atoms with Crippen molar-refractivity contribution < 1.29 is 0 Å². The van der Waals surface area contributed by atoms with Crippen molar-refractivity contribution in [3.8, 4) is 0 Å². The summed E-state index contributed by atoms with van der Waals surface area (Å²) in [7, 11) is 4.10. The van der Waals surface area contributed by atoms with Crippen molar-refractivity contribution in [1.82, 2.24) is 5.32 Å². The van der Waals surface area contributed by atoms with Crippen LogP contribution < -0.4 is 15.1 Å². The molecule has 0 aromatic heterocycles. The highest BCUT2D eigenvalue weighted by Crippen LogP contribution is 2.30. The summed E-state index contributed by atoms with van der Waals surface area (Å²) in [5, 5.41) is 3.48. The van der Waals surface area contributed by atoms with Crippen LogP contribution >= 0.6 is 12.6 Å². The van der Waals surface area contributed by atoms with Gasteiger partial charge in [0.15, 0.2) is 0 Å². The molecule has 1 aliphatic heterocycles. The van der Waals surface area contributed by atoms with Gasteiger partial charge < -0.3 is 9.80 Å². The Balaban J connectivity index is 2.31. The molecule has 0 fully saturated rings. The molecular formula is C15H23N3S. The van der Waals surface area contributed by atoms with Crippen molar-refractivity contribution in [2.24, 2.45) is 0 Å². The lowest BCUT2D eigenvalue weighted by atomic mass is 10.0. The molecule has 0 radical (unpaired) electrons. The van der Waals surface area contributed by atoms with E-state index in [9.17, 15) is 0 Å². The van der Waals surface area contributed by atoms with Gasteiger partial charge in [0, 0.05) is 36.7 Å². The Labute approximate surface area is 121 Å². The van der Waals surface area contributed by atoms with Gasteiger partial charge in [-0.1, -0.05) is 0 Å². The van der Waals surface area contributed by atoms with E-state index >= 15 is 0 Å². The number of hydrogen-bond donors (Lipinski definition) is 2. The third kappa shape index (κ3) is 3.07. The summed E-state index contributed by atoms with van der Waals surface area (Å²) in [4.78, 5) is 4.30. The molecule has 0 amide bonds. The minimum atomic E-state index is -0.0173. The molecule has 0 saturated heterocycles. The average Bonchev–Trinajstić information content (AvgIpc) is 2.26. The Morgan fingerprint density at radius 1 is 1.21 bits per heavy atom. The first kappa shape index (κ1) is 14.3. The van der Waals surface area contributed by atoms with Gasteiger partial charge in [0.1, 0.15) is 5.50 Å². The summed E-state index contributed by atoms with van der Waals surface area (Å²) >= 11 is 4.67. The topological polar surface area (TPSA) is 18.5 Å².